The molecule has 1 aromatic carbocycles. The number of aliphatic carboxylic acids is 1. The maximum absolute atomic E-state index is 12.3. The second-order valence-electron chi connectivity index (χ2n) is 6.89. The monoisotopic (exact) mass is 310 g/mol. The molecule has 0 aliphatic heterocycles. The van der Waals surface area contributed by atoms with Gasteiger partial charge in [-0.15, -0.1) is 0 Å². The number of carboxylic acid groups (broad SMARTS) is 1. The Morgan fingerprint density at radius 3 is 2.05 bits per heavy atom. The Morgan fingerprint density at radius 2 is 1.67 bits per heavy atom. The number of rotatable bonds is 4. The van der Waals surface area contributed by atoms with E-state index in [4.69, 9.17) is 0 Å². The van der Waals surface area contributed by atoms with Crippen LogP contribution in [0.3, 0.4) is 0 Å². The number of benzene rings is 1. The largest absolute Gasteiger partial charge is 0.481 e. The minimum atomic E-state index is -3.31. The van der Waals surface area contributed by atoms with E-state index in [0.717, 1.165) is 11.1 Å². The van der Waals surface area contributed by atoms with E-state index in [1.54, 1.807) is 20.8 Å². The second-order valence-corrected chi connectivity index (χ2v) is 9.75. The first-order chi connectivity index (χ1) is 9.57. The molecule has 0 amide bonds. The van der Waals surface area contributed by atoms with Gasteiger partial charge in [0.15, 0.2) is 9.84 Å². The highest BCUT2D eigenvalue weighted by Crippen LogP contribution is 2.40. The molecule has 1 N–H and O–H groups in total. The molecule has 0 heterocycles. The van der Waals surface area contributed by atoms with E-state index in [1.807, 2.05) is 24.3 Å². The zero-order chi connectivity index (χ0) is 15.9. The van der Waals surface area contributed by atoms with Crippen molar-refractivity contribution in [3.05, 3.63) is 35.4 Å². The van der Waals surface area contributed by atoms with E-state index in [0.29, 0.717) is 12.8 Å². The van der Waals surface area contributed by atoms with E-state index in [1.165, 1.54) is 0 Å². The Hall–Kier alpha value is -1.36. The van der Waals surface area contributed by atoms with Gasteiger partial charge >= 0.3 is 5.97 Å². The highest BCUT2D eigenvalue weighted by atomic mass is 32.2. The van der Waals surface area contributed by atoms with Gasteiger partial charge in [-0.05, 0) is 51.2 Å². The van der Waals surface area contributed by atoms with Crippen LogP contribution in [0.15, 0.2) is 24.3 Å². The molecular weight excluding hydrogens is 288 g/mol. The molecule has 116 valence electrons. The lowest BCUT2D eigenvalue weighted by Gasteiger charge is -2.26. The zero-order valence-corrected chi connectivity index (χ0v) is 13.5. The highest BCUT2D eigenvalue weighted by Gasteiger charge is 2.45. The summed E-state index contributed by atoms with van der Waals surface area (Å²) in [4.78, 5) is 11.8. The number of hydrogen-bond donors (Lipinski definition) is 1. The van der Waals surface area contributed by atoms with Crippen LogP contribution in [0.2, 0.25) is 0 Å². The van der Waals surface area contributed by atoms with Gasteiger partial charge in [0.2, 0.25) is 0 Å². The maximum atomic E-state index is 12.3. The standard InChI is InChI=1S/C16H22O4S/c1-15(2,3)21(19,20)9-8-16(14(17)18)10-12-6-4-5-7-13(12)11-16/h4-7H,8-11H2,1-3H3,(H,17,18). The molecule has 1 aliphatic rings. The SMILES string of the molecule is CC(C)(C)S(=O)(=O)CCC1(C(=O)O)Cc2ccccc2C1. The molecule has 0 aromatic heterocycles. The van der Waals surface area contributed by atoms with E-state index >= 15 is 0 Å². The van der Waals surface area contributed by atoms with Gasteiger partial charge in [0, 0.05) is 0 Å². The molecular formula is C16H22O4S. The quantitative estimate of drug-likeness (QED) is 0.927. The fraction of sp³-hybridized carbons (Fsp3) is 0.562. The topological polar surface area (TPSA) is 71.4 Å². The van der Waals surface area contributed by atoms with Crippen molar-refractivity contribution in [2.24, 2.45) is 5.41 Å². The first-order valence-corrected chi connectivity index (χ1v) is 8.75. The number of sulfone groups is 1. The Morgan fingerprint density at radius 1 is 1.19 bits per heavy atom. The van der Waals surface area contributed by atoms with Crippen LogP contribution in [0.1, 0.15) is 38.3 Å². The maximum Gasteiger partial charge on any atom is 0.310 e. The Bertz CT molecular complexity index is 628. The van der Waals surface area contributed by atoms with Gasteiger partial charge in [0.25, 0.3) is 0 Å². The van der Waals surface area contributed by atoms with Crippen molar-refractivity contribution in [1.82, 2.24) is 0 Å². The number of fused-ring (bicyclic) bond motifs is 1. The van der Waals surface area contributed by atoms with Crippen molar-refractivity contribution in [3.63, 3.8) is 0 Å². The van der Waals surface area contributed by atoms with Gasteiger partial charge < -0.3 is 5.11 Å². The van der Waals surface area contributed by atoms with Crippen LogP contribution in [-0.4, -0.2) is 30.0 Å². The van der Waals surface area contributed by atoms with Crippen molar-refractivity contribution in [3.8, 4) is 0 Å². The summed E-state index contributed by atoms with van der Waals surface area (Å²) in [6.45, 7) is 4.96. The first-order valence-electron chi connectivity index (χ1n) is 7.10. The van der Waals surface area contributed by atoms with Crippen LogP contribution in [-0.2, 0) is 27.5 Å². The lowest BCUT2D eigenvalue weighted by Crippen LogP contribution is -2.37. The molecule has 0 atom stereocenters. The van der Waals surface area contributed by atoms with Crippen molar-refractivity contribution in [2.75, 3.05) is 5.75 Å². The molecule has 5 heteroatoms. The number of carbonyl (C=O) groups is 1. The fourth-order valence-electron chi connectivity index (χ4n) is 2.76. The molecule has 1 aliphatic carbocycles. The summed E-state index contributed by atoms with van der Waals surface area (Å²) in [6, 6.07) is 7.64. The zero-order valence-electron chi connectivity index (χ0n) is 12.7. The molecule has 1 aromatic rings. The van der Waals surface area contributed by atoms with Crippen LogP contribution in [0.4, 0.5) is 0 Å². The molecule has 0 saturated heterocycles. The summed E-state index contributed by atoms with van der Waals surface area (Å²) in [5.41, 5.74) is 1.06. The van der Waals surface area contributed by atoms with E-state index in [2.05, 4.69) is 0 Å². The molecule has 2 rings (SSSR count). The molecule has 0 radical (unpaired) electrons. The Labute approximate surface area is 126 Å². The summed E-state index contributed by atoms with van der Waals surface area (Å²) in [5.74, 6) is -0.987. The number of carboxylic acids is 1. The van der Waals surface area contributed by atoms with Crippen molar-refractivity contribution >= 4 is 15.8 Å². The third-order valence-corrected chi connectivity index (χ3v) is 7.02. The average molecular weight is 310 g/mol. The average Bonchev–Trinajstić information content (AvgIpc) is 2.75. The summed E-state index contributed by atoms with van der Waals surface area (Å²) in [5, 5.41) is 9.64. The third kappa shape index (κ3) is 2.98. The third-order valence-electron chi connectivity index (χ3n) is 4.41. The minimum absolute atomic E-state index is 0.0865. The van der Waals surface area contributed by atoms with E-state index < -0.39 is 26.0 Å². The summed E-state index contributed by atoms with van der Waals surface area (Å²) in [6.07, 6.45) is 0.993. The van der Waals surface area contributed by atoms with Crippen LogP contribution in [0.25, 0.3) is 0 Å². The summed E-state index contributed by atoms with van der Waals surface area (Å²) in [7, 11) is -3.31. The highest BCUT2D eigenvalue weighted by molar-refractivity contribution is 7.92. The summed E-state index contributed by atoms with van der Waals surface area (Å²) >= 11 is 0. The van der Waals surface area contributed by atoms with Crippen molar-refractivity contribution < 1.29 is 18.3 Å². The molecule has 21 heavy (non-hydrogen) atoms. The van der Waals surface area contributed by atoms with Gasteiger partial charge in [0.05, 0.1) is 15.9 Å². The van der Waals surface area contributed by atoms with Gasteiger partial charge in [-0.25, -0.2) is 8.42 Å². The first kappa shape index (κ1) is 16.0. The molecule has 4 nitrogen and oxygen atoms in total. The molecule has 0 saturated carbocycles. The second kappa shape index (κ2) is 5.13. The van der Waals surface area contributed by atoms with Crippen LogP contribution in [0, 0.1) is 5.41 Å². The van der Waals surface area contributed by atoms with E-state index in [9.17, 15) is 18.3 Å². The lowest BCUT2D eigenvalue weighted by atomic mass is 9.82. The van der Waals surface area contributed by atoms with Crippen LogP contribution < -0.4 is 0 Å². The molecule has 0 spiro atoms. The summed E-state index contributed by atoms with van der Waals surface area (Å²) < 4.78 is 23.7. The van der Waals surface area contributed by atoms with Gasteiger partial charge in [-0.2, -0.15) is 0 Å². The minimum Gasteiger partial charge on any atom is -0.481 e. The Kier molecular flexibility index (Phi) is 3.91. The molecule has 0 fully saturated rings. The van der Waals surface area contributed by atoms with Crippen LogP contribution >= 0.6 is 0 Å². The van der Waals surface area contributed by atoms with Crippen molar-refractivity contribution in [1.29, 1.82) is 0 Å². The normalized spacial score (nSPS) is 17.5. The van der Waals surface area contributed by atoms with Gasteiger partial charge in [-0.3, -0.25) is 4.79 Å². The van der Waals surface area contributed by atoms with Crippen molar-refractivity contribution in [2.45, 2.75) is 44.8 Å². The Balaban J connectivity index is 2.23. The van der Waals surface area contributed by atoms with E-state index in [-0.39, 0.29) is 12.2 Å². The lowest BCUT2D eigenvalue weighted by molar-refractivity contribution is -0.148. The molecule has 0 bridgehead atoms. The number of hydrogen-bond acceptors (Lipinski definition) is 3. The fourth-order valence-corrected chi connectivity index (χ4v) is 4.04. The predicted octanol–water partition coefficient (Wildman–Crippen LogP) is 2.46. The van der Waals surface area contributed by atoms with Gasteiger partial charge in [-0.1, -0.05) is 24.3 Å². The smallest absolute Gasteiger partial charge is 0.310 e. The molecule has 0 unspecified atom stereocenters. The van der Waals surface area contributed by atoms with Crippen LogP contribution in [0.5, 0.6) is 0 Å². The predicted molar refractivity (Wildman–Crippen MR) is 82.1 cm³/mol. The van der Waals surface area contributed by atoms with Gasteiger partial charge in [0.1, 0.15) is 0 Å².